The van der Waals surface area contributed by atoms with Gasteiger partial charge in [0, 0.05) is 42.8 Å². The molecule has 2 aliphatic rings. The maximum atomic E-state index is 13.2. The first kappa shape index (κ1) is 24.2. The molecule has 1 saturated heterocycles. The number of morpholine rings is 1. The van der Waals surface area contributed by atoms with Crippen LogP contribution in [-0.2, 0) is 11.3 Å². The molecule has 180 valence electrons. The van der Waals surface area contributed by atoms with Crippen LogP contribution in [0.2, 0.25) is 0 Å². The third-order valence-corrected chi connectivity index (χ3v) is 6.60. The van der Waals surface area contributed by atoms with Gasteiger partial charge in [0.25, 0.3) is 5.91 Å². The molecule has 0 saturated carbocycles. The average molecular weight is 461 g/mol. The number of anilines is 2. The summed E-state index contributed by atoms with van der Waals surface area (Å²) in [5.41, 5.74) is 4.76. The summed E-state index contributed by atoms with van der Waals surface area (Å²) in [4.78, 5) is 20.2. The van der Waals surface area contributed by atoms with Gasteiger partial charge in [-0.1, -0.05) is 38.1 Å². The van der Waals surface area contributed by atoms with Crippen molar-refractivity contribution in [3.8, 4) is 0 Å². The summed E-state index contributed by atoms with van der Waals surface area (Å²) >= 11 is 0. The van der Waals surface area contributed by atoms with Gasteiger partial charge >= 0.3 is 0 Å². The van der Waals surface area contributed by atoms with Crippen LogP contribution in [0.5, 0.6) is 0 Å². The Labute approximate surface area is 203 Å². The number of hydrogen-bond acceptors (Lipinski definition) is 5. The average Bonchev–Trinajstić information content (AvgIpc) is 2.89. The van der Waals surface area contributed by atoms with E-state index in [1.807, 2.05) is 25.1 Å². The van der Waals surface area contributed by atoms with Gasteiger partial charge < -0.3 is 15.0 Å². The summed E-state index contributed by atoms with van der Waals surface area (Å²) in [6.45, 7) is 12.5. The van der Waals surface area contributed by atoms with Crippen molar-refractivity contribution >= 4 is 17.3 Å². The summed E-state index contributed by atoms with van der Waals surface area (Å²) < 4.78 is 5.54. The molecule has 1 unspecified atom stereocenters. The highest BCUT2D eigenvalue weighted by molar-refractivity contribution is 6.05. The van der Waals surface area contributed by atoms with Gasteiger partial charge in [-0.15, -0.1) is 0 Å². The molecule has 2 heterocycles. The minimum Gasteiger partial charge on any atom is -0.379 e. The van der Waals surface area contributed by atoms with E-state index >= 15 is 0 Å². The van der Waals surface area contributed by atoms with Crippen molar-refractivity contribution in [3.05, 3.63) is 83.6 Å². The smallest absolute Gasteiger partial charge is 0.255 e. The van der Waals surface area contributed by atoms with Gasteiger partial charge in [-0.25, -0.2) is 0 Å². The number of hydrogen-bond donors (Lipinski definition) is 1. The van der Waals surface area contributed by atoms with Gasteiger partial charge in [-0.05, 0) is 67.6 Å². The van der Waals surface area contributed by atoms with Crippen molar-refractivity contribution < 1.29 is 9.53 Å². The summed E-state index contributed by atoms with van der Waals surface area (Å²) in [7, 11) is 0. The largest absolute Gasteiger partial charge is 0.379 e. The first-order valence-electron chi connectivity index (χ1n) is 12.3. The lowest BCUT2D eigenvalue weighted by Crippen LogP contribution is -2.50. The zero-order valence-electron chi connectivity index (χ0n) is 20.5. The van der Waals surface area contributed by atoms with Crippen LogP contribution in [0, 0.1) is 6.92 Å². The second-order valence-corrected chi connectivity index (χ2v) is 8.81. The van der Waals surface area contributed by atoms with E-state index in [0.717, 1.165) is 68.4 Å². The van der Waals surface area contributed by atoms with E-state index in [4.69, 9.17) is 4.74 Å². The number of carbonyl (C=O) groups excluding carboxylic acids is 1. The molecule has 6 heteroatoms. The minimum atomic E-state index is -0.0829. The van der Waals surface area contributed by atoms with Crippen molar-refractivity contribution in [2.24, 2.45) is 0 Å². The topological polar surface area (TPSA) is 48.1 Å². The van der Waals surface area contributed by atoms with Gasteiger partial charge in [0.05, 0.1) is 13.2 Å². The zero-order valence-corrected chi connectivity index (χ0v) is 20.5. The highest BCUT2D eigenvalue weighted by atomic mass is 16.5. The van der Waals surface area contributed by atoms with E-state index in [1.54, 1.807) is 0 Å². The Hall–Kier alpha value is -2.93. The van der Waals surface area contributed by atoms with Crippen molar-refractivity contribution in [3.63, 3.8) is 0 Å². The Morgan fingerprint density at radius 3 is 2.65 bits per heavy atom. The predicted octanol–water partition coefficient (Wildman–Crippen LogP) is 4.64. The molecule has 0 spiro atoms. The second kappa shape index (κ2) is 11.5. The predicted molar refractivity (Wildman–Crippen MR) is 139 cm³/mol. The Kier molecular flexibility index (Phi) is 8.16. The van der Waals surface area contributed by atoms with Crippen molar-refractivity contribution in [1.29, 1.82) is 0 Å². The van der Waals surface area contributed by atoms with Crippen LogP contribution in [0.4, 0.5) is 11.4 Å². The Bertz CT molecular complexity index is 1040. The van der Waals surface area contributed by atoms with E-state index in [0.29, 0.717) is 5.56 Å². The van der Waals surface area contributed by atoms with E-state index < -0.39 is 0 Å². The number of allylic oxidation sites excluding steroid dienone is 2. The molecule has 2 aromatic carbocycles. The first-order chi connectivity index (χ1) is 16.6. The molecule has 2 aliphatic heterocycles. The maximum Gasteiger partial charge on any atom is 0.255 e. The molecule has 0 bridgehead atoms. The molecule has 0 aromatic heterocycles. The second-order valence-electron chi connectivity index (χ2n) is 8.81. The van der Waals surface area contributed by atoms with Crippen LogP contribution in [0.15, 0.2) is 66.9 Å². The van der Waals surface area contributed by atoms with Gasteiger partial charge in [-0.2, -0.15) is 0 Å². The van der Waals surface area contributed by atoms with E-state index in [-0.39, 0.29) is 12.1 Å². The molecule has 1 N–H and O–H groups in total. The third-order valence-electron chi connectivity index (χ3n) is 6.60. The Balaban J connectivity index is 1.52. The number of nitrogens with one attached hydrogen (secondary N) is 1. The number of amides is 1. The molecule has 1 amide bonds. The number of ether oxygens (including phenoxy) is 1. The molecule has 0 aliphatic carbocycles. The normalized spacial score (nSPS) is 18.5. The lowest BCUT2D eigenvalue weighted by atomic mass is 10.1. The highest BCUT2D eigenvalue weighted by Gasteiger charge is 2.25. The molecule has 2 aromatic rings. The van der Waals surface area contributed by atoms with Gasteiger partial charge in [-0.3, -0.25) is 14.6 Å². The maximum absolute atomic E-state index is 13.2. The first-order valence-corrected chi connectivity index (χ1v) is 12.3. The van der Waals surface area contributed by atoms with Gasteiger partial charge in [0.2, 0.25) is 0 Å². The molecule has 0 radical (unpaired) electrons. The van der Waals surface area contributed by atoms with Crippen LogP contribution < -0.4 is 10.2 Å². The fourth-order valence-corrected chi connectivity index (χ4v) is 4.48. The highest BCUT2D eigenvalue weighted by Crippen LogP contribution is 2.28. The van der Waals surface area contributed by atoms with Crippen LogP contribution in [-0.4, -0.2) is 61.3 Å². The summed E-state index contributed by atoms with van der Waals surface area (Å²) in [5, 5.41) is 3.15. The Morgan fingerprint density at radius 2 is 1.88 bits per heavy atom. The fraction of sp³-hybridized carbons (Fsp3) is 0.393. The molecular weight excluding hydrogens is 424 g/mol. The number of benzene rings is 2. The fourth-order valence-electron chi connectivity index (χ4n) is 4.48. The van der Waals surface area contributed by atoms with Crippen LogP contribution >= 0.6 is 0 Å². The summed E-state index contributed by atoms with van der Waals surface area (Å²) in [6.07, 6.45) is 8.60. The molecule has 6 nitrogen and oxygen atoms in total. The number of rotatable bonds is 8. The van der Waals surface area contributed by atoms with Crippen LogP contribution in [0.1, 0.15) is 35.3 Å². The molecule has 34 heavy (non-hydrogen) atoms. The number of aryl methyl sites for hydroxylation is 1. The van der Waals surface area contributed by atoms with Crippen LogP contribution in [0.3, 0.4) is 0 Å². The van der Waals surface area contributed by atoms with Crippen molar-refractivity contribution in [2.75, 3.05) is 49.6 Å². The standard InChI is InChI=1S/C28H36N4O2/c1-4-30(5-2)21-23-9-8-10-24(19-23)28(33)29-26-20-25(13-12-22(26)3)32-14-7-6-11-27(32)31-15-17-34-18-16-31/h6-14,19-20,27H,4-5,15-18,21H2,1-3H3,(H,29,33). The molecule has 1 atom stereocenters. The quantitative estimate of drug-likeness (QED) is 0.622. The van der Waals surface area contributed by atoms with E-state index in [2.05, 4.69) is 82.6 Å². The van der Waals surface area contributed by atoms with Crippen LogP contribution in [0.25, 0.3) is 0 Å². The van der Waals surface area contributed by atoms with Gasteiger partial charge in [0.15, 0.2) is 0 Å². The molecule has 4 rings (SSSR count). The van der Waals surface area contributed by atoms with Crippen molar-refractivity contribution in [1.82, 2.24) is 9.80 Å². The molecular formula is C28H36N4O2. The minimum absolute atomic E-state index is 0.0829. The summed E-state index contributed by atoms with van der Waals surface area (Å²) in [5.74, 6) is -0.0829. The lowest BCUT2D eigenvalue weighted by Gasteiger charge is -2.40. The Morgan fingerprint density at radius 1 is 1.09 bits per heavy atom. The van der Waals surface area contributed by atoms with E-state index in [1.165, 1.54) is 0 Å². The molecule has 1 fully saturated rings. The van der Waals surface area contributed by atoms with Crippen molar-refractivity contribution in [2.45, 2.75) is 33.5 Å². The summed E-state index contributed by atoms with van der Waals surface area (Å²) in [6, 6.07) is 14.2. The monoisotopic (exact) mass is 460 g/mol. The van der Waals surface area contributed by atoms with Gasteiger partial charge in [0.1, 0.15) is 6.17 Å². The SMILES string of the molecule is CCN(CC)Cc1cccc(C(=O)Nc2cc(N3C=CC=CC3N3CCOCC3)ccc2C)c1. The van der Waals surface area contributed by atoms with E-state index in [9.17, 15) is 4.79 Å². The number of carbonyl (C=O) groups is 1. The third kappa shape index (κ3) is 5.76. The lowest BCUT2D eigenvalue weighted by molar-refractivity contribution is 0.0263. The zero-order chi connectivity index (χ0) is 23.9. The number of nitrogens with zero attached hydrogens (tertiary/aromatic N) is 3.